The second kappa shape index (κ2) is 6.35. The van der Waals surface area contributed by atoms with Gasteiger partial charge in [-0.3, -0.25) is 4.79 Å². The van der Waals surface area contributed by atoms with E-state index in [1.165, 1.54) is 23.4 Å². The Kier molecular flexibility index (Phi) is 3.99. The molecule has 7 nitrogen and oxygen atoms in total. The fourth-order valence-electron chi connectivity index (χ4n) is 3.17. The smallest absolute Gasteiger partial charge is 0.343 e. The predicted octanol–water partition coefficient (Wildman–Crippen LogP) is 2.50. The summed E-state index contributed by atoms with van der Waals surface area (Å²) in [6, 6.07) is 9.87. The first-order valence-corrected chi connectivity index (χ1v) is 8.51. The van der Waals surface area contributed by atoms with Gasteiger partial charge >= 0.3 is 5.97 Å². The maximum absolute atomic E-state index is 12.9. The number of hydrogen-bond acceptors (Lipinski definition) is 5. The molecule has 0 fully saturated rings. The van der Waals surface area contributed by atoms with Crippen LogP contribution in [0.4, 0.5) is 0 Å². The Balaban J connectivity index is 1.86. The van der Waals surface area contributed by atoms with E-state index in [2.05, 4.69) is 10.1 Å². The molecule has 3 aromatic heterocycles. The van der Waals surface area contributed by atoms with Gasteiger partial charge in [-0.25, -0.2) is 14.3 Å². The average molecular weight is 362 g/mol. The van der Waals surface area contributed by atoms with E-state index in [0.29, 0.717) is 34.4 Å². The summed E-state index contributed by atoms with van der Waals surface area (Å²) in [5.41, 5.74) is 3.85. The van der Waals surface area contributed by atoms with Crippen LogP contribution in [-0.2, 0) is 11.3 Å². The van der Waals surface area contributed by atoms with E-state index in [9.17, 15) is 9.59 Å². The van der Waals surface area contributed by atoms with Crippen LogP contribution in [0.3, 0.4) is 0 Å². The van der Waals surface area contributed by atoms with Crippen LogP contribution in [0.2, 0.25) is 0 Å². The zero-order valence-corrected chi connectivity index (χ0v) is 15.3. The van der Waals surface area contributed by atoms with Gasteiger partial charge in [-0.05, 0) is 25.5 Å². The summed E-state index contributed by atoms with van der Waals surface area (Å²) in [5.74, 6) is -0.498. The SMILES string of the molecule is COC(=O)c1c(C)nn2c1ncc1c(=O)n(Cc3ccc(C)cc3)ccc12. The molecule has 136 valence electrons. The molecule has 1 aromatic carbocycles. The van der Waals surface area contributed by atoms with E-state index in [1.54, 1.807) is 17.7 Å². The van der Waals surface area contributed by atoms with Gasteiger partial charge in [0.25, 0.3) is 5.56 Å². The van der Waals surface area contributed by atoms with Gasteiger partial charge in [-0.2, -0.15) is 5.10 Å². The van der Waals surface area contributed by atoms with Crippen molar-refractivity contribution in [2.45, 2.75) is 20.4 Å². The maximum atomic E-state index is 12.9. The van der Waals surface area contributed by atoms with E-state index in [0.717, 1.165) is 5.56 Å². The molecular formula is C20H18N4O3. The summed E-state index contributed by atoms with van der Waals surface area (Å²) in [5, 5.41) is 4.82. The van der Waals surface area contributed by atoms with Crippen molar-refractivity contribution >= 4 is 22.5 Å². The number of aryl methyl sites for hydroxylation is 2. The van der Waals surface area contributed by atoms with E-state index in [1.807, 2.05) is 37.3 Å². The van der Waals surface area contributed by atoms with Crippen molar-refractivity contribution < 1.29 is 9.53 Å². The van der Waals surface area contributed by atoms with Crippen LogP contribution in [-0.4, -0.2) is 32.2 Å². The molecule has 0 saturated heterocycles. The Morgan fingerprint density at radius 3 is 2.59 bits per heavy atom. The highest BCUT2D eigenvalue weighted by Crippen LogP contribution is 2.19. The average Bonchev–Trinajstić information content (AvgIpc) is 3.01. The van der Waals surface area contributed by atoms with Crippen molar-refractivity contribution in [3.05, 3.63) is 75.5 Å². The lowest BCUT2D eigenvalue weighted by molar-refractivity contribution is 0.0602. The van der Waals surface area contributed by atoms with Crippen LogP contribution >= 0.6 is 0 Å². The summed E-state index contributed by atoms with van der Waals surface area (Å²) in [6.07, 6.45) is 3.23. The Bertz CT molecular complexity index is 1240. The Morgan fingerprint density at radius 1 is 1.15 bits per heavy atom. The first kappa shape index (κ1) is 17.0. The molecule has 0 radical (unpaired) electrons. The number of methoxy groups -OCH3 is 1. The number of benzene rings is 1. The zero-order chi connectivity index (χ0) is 19.1. The molecular weight excluding hydrogens is 344 g/mol. The highest BCUT2D eigenvalue weighted by molar-refractivity contribution is 5.98. The number of fused-ring (bicyclic) bond motifs is 3. The van der Waals surface area contributed by atoms with Gasteiger partial charge < -0.3 is 9.30 Å². The molecule has 0 bridgehead atoms. The van der Waals surface area contributed by atoms with Gasteiger partial charge in [0.1, 0.15) is 5.56 Å². The van der Waals surface area contributed by atoms with E-state index >= 15 is 0 Å². The highest BCUT2D eigenvalue weighted by Gasteiger charge is 2.20. The molecule has 27 heavy (non-hydrogen) atoms. The quantitative estimate of drug-likeness (QED) is 0.523. The summed E-state index contributed by atoms with van der Waals surface area (Å²) >= 11 is 0. The minimum Gasteiger partial charge on any atom is -0.465 e. The number of hydrogen-bond donors (Lipinski definition) is 0. The van der Waals surface area contributed by atoms with Crippen LogP contribution in [0.1, 0.15) is 27.2 Å². The van der Waals surface area contributed by atoms with Crippen LogP contribution in [0.5, 0.6) is 0 Å². The third kappa shape index (κ3) is 2.77. The highest BCUT2D eigenvalue weighted by atomic mass is 16.5. The Morgan fingerprint density at radius 2 is 1.89 bits per heavy atom. The number of aromatic nitrogens is 4. The van der Waals surface area contributed by atoms with Crippen molar-refractivity contribution in [2.75, 3.05) is 7.11 Å². The normalized spacial score (nSPS) is 11.2. The first-order valence-electron chi connectivity index (χ1n) is 8.51. The molecule has 0 atom stereocenters. The minimum atomic E-state index is -0.498. The summed E-state index contributed by atoms with van der Waals surface area (Å²) in [4.78, 5) is 29.2. The number of pyridine rings is 1. The number of carbonyl (C=O) groups excluding carboxylic acids is 1. The molecule has 0 saturated carbocycles. The minimum absolute atomic E-state index is 0.157. The van der Waals surface area contributed by atoms with Gasteiger partial charge in [0.15, 0.2) is 5.65 Å². The largest absolute Gasteiger partial charge is 0.465 e. The van der Waals surface area contributed by atoms with E-state index in [4.69, 9.17) is 4.74 Å². The second-order valence-corrected chi connectivity index (χ2v) is 6.48. The van der Waals surface area contributed by atoms with Crippen LogP contribution in [0, 0.1) is 13.8 Å². The molecule has 0 spiro atoms. The molecule has 0 amide bonds. The fourth-order valence-corrected chi connectivity index (χ4v) is 3.17. The lowest BCUT2D eigenvalue weighted by Gasteiger charge is -2.08. The van der Waals surface area contributed by atoms with Gasteiger partial charge in [0.2, 0.25) is 0 Å². The lowest BCUT2D eigenvalue weighted by Crippen LogP contribution is -2.21. The van der Waals surface area contributed by atoms with Gasteiger partial charge in [0.05, 0.1) is 30.3 Å². The maximum Gasteiger partial charge on any atom is 0.343 e. The zero-order valence-electron chi connectivity index (χ0n) is 15.3. The molecule has 4 aromatic rings. The fraction of sp³-hybridized carbons (Fsp3) is 0.200. The molecule has 0 aliphatic carbocycles. The third-order valence-electron chi connectivity index (χ3n) is 4.62. The number of esters is 1. The summed E-state index contributed by atoms with van der Waals surface area (Å²) < 4.78 is 7.97. The predicted molar refractivity (Wildman–Crippen MR) is 101 cm³/mol. The van der Waals surface area contributed by atoms with Crippen LogP contribution in [0.15, 0.2) is 47.5 Å². The van der Waals surface area contributed by atoms with E-state index in [-0.39, 0.29) is 5.56 Å². The number of nitrogens with zero attached hydrogens (tertiary/aromatic N) is 4. The standard InChI is InChI=1S/C20H18N4O3/c1-12-4-6-14(7-5-12)11-23-9-8-16-15(19(23)25)10-21-18-17(20(26)27-3)13(2)22-24(16)18/h4-10H,11H2,1-3H3. The first-order chi connectivity index (χ1) is 13.0. The van der Waals surface area contributed by atoms with Crippen molar-refractivity contribution in [3.63, 3.8) is 0 Å². The molecule has 3 heterocycles. The van der Waals surface area contributed by atoms with Gasteiger partial charge in [-0.1, -0.05) is 29.8 Å². The lowest BCUT2D eigenvalue weighted by atomic mass is 10.1. The monoisotopic (exact) mass is 362 g/mol. The second-order valence-electron chi connectivity index (χ2n) is 6.48. The van der Waals surface area contributed by atoms with Gasteiger partial charge in [-0.15, -0.1) is 0 Å². The molecule has 0 N–H and O–H groups in total. The topological polar surface area (TPSA) is 78.5 Å². The number of ether oxygens (including phenoxy) is 1. The molecule has 0 unspecified atom stereocenters. The van der Waals surface area contributed by atoms with Crippen molar-refractivity contribution in [3.8, 4) is 0 Å². The van der Waals surface area contributed by atoms with Crippen molar-refractivity contribution in [2.24, 2.45) is 0 Å². The van der Waals surface area contributed by atoms with Crippen LogP contribution in [0.25, 0.3) is 16.6 Å². The summed E-state index contributed by atoms with van der Waals surface area (Å²) in [6.45, 7) is 4.21. The molecule has 7 heteroatoms. The Labute approximate surface area is 154 Å². The van der Waals surface area contributed by atoms with Crippen LogP contribution < -0.4 is 5.56 Å². The van der Waals surface area contributed by atoms with E-state index < -0.39 is 5.97 Å². The number of rotatable bonds is 3. The third-order valence-corrected chi connectivity index (χ3v) is 4.62. The molecule has 0 aliphatic heterocycles. The molecule has 4 rings (SSSR count). The number of carbonyl (C=O) groups is 1. The van der Waals surface area contributed by atoms with Crippen molar-refractivity contribution in [1.82, 2.24) is 19.2 Å². The Hall–Kier alpha value is -3.48. The van der Waals surface area contributed by atoms with Crippen molar-refractivity contribution in [1.29, 1.82) is 0 Å². The molecule has 0 aliphatic rings. The van der Waals surface area contributed by atoms with Gasteiger partial charge in [0, 0.05) is 12.4 Å². The summed E-state index contributed by atoms with van der Waals surface area (Å²) in [7, 11) is 1.32.